The molecular weight excluding hydrogens is 629 g/mol. The molecule has 2 N–H and O–H groups in total. The number of alkyl halides is 3. The highest BCUT2D eigenvalue weighted by Crippen LogP contribution is 2.43. The molecule has 11 heteroatoms. The van der Waals surface area contributed by atoms with Crippen LogP contribution in [0.5, 0.6) is 0 Å². The van der Waals surface area contributed by atoms with Gasteiger partial charge in [0, 0.05) is 43.2 Å². The lowest BCUT2D eigenvalue weighted by Gasteiger charge is -2.41. The van der Waals surface area contributed by atoms with Crippen molar-refractivity contribution in [1.29, 1.82) is 0 Å². The molecule has 1 fully saturated rings. The van der Waals surface area contributed by atoms with Gasteiger partial charge in [0.2, 0.25) is 0 Å². The van der Waals surface area contributed by atoms with Gasteiger partial charge in [-0.2, -0.15) is 0 Å². The molecule has 1 aromatic heterocycles. The van der Waals surface area contributed by atoms with Crippen molar-refractivity contribution < 1.29 is 19.4 Å². The maximum absolute atomic E-state index is 11.9. The van der Waals surface area contributed by atoms with Gasteiger partial charge in [0.15, 0.2) is 11.4 Å². The van der Waals surface area contributed by atoms with Crippen LogP contribution in [-0.2, 0) is 34.5 Å². The molecule has 43 heavy (non-hydrogen) atoms. The predicted molar refractivity (Wildman–Crippen MR) is 171 cm³/mol. The number of thioether (sulfide) groups is 1. The molecule has 5 rings (SSSR count). The Morgan fingerprint density at radius 3 is 2.37 bits per heavy atom. The molecule has 0 aliphatic carbocycles. The number of carbonyl (C=O) groups excluding carboxylic acids is 1. The van der Waals surface area contributed by atoms with E-state index < -0.39 is 16.0 Å². The van der Waals surface area contributed by atoms with Crippen LogP contribution in [0.1, 0.15) is 41.6 Å². The normalized spacial score (nSPS) is 20.6. The fourth-order valence-electron chi connectivity index (χ4n) is 4.93. The second kappa shape index (κ2) is 14.0. The molecule has 0 spiro atoms. The molecule has 1 amide bonds. The summed E-state index contributed by atoms with van der Waals surface area (Å²) in [6.07, 6.45) is 2.87. The van der Waals surface area contributed by atoms with E-state index in [9.17, 15) is 9.90 Å². The zero-order chi connectivity index (χ0) is 30.6. The van der Waals surface area contributed by atoms with Crippen molar-refractivity contribution in [2.75, 3.05) is 5.75 Å². The number of amides is 1. The number of hydrogen-bond acceptors (Lipinski definition) is 6. The smallest absolute Gasteiger partial charge is 0.272 e. The third-order valence-corrected chi connectivity index (χ3v) is 9.09. The molecule has 7 nitrogen and oxygen atoms in total. The van der Waals surface area contributed by atoms with Gasteiger partial charge in [0.1, 0.15) is 0 Å². The highest BCUT2D eigenvalue weighted by Gasteiger charge is 2.38. The Bertz CT molecular complexity index is 1530. The van der Waals surface area contributed by atoms with E-state index in [1.807, 2.05) is 90.6 Å². The van der Waals surface area contributed by atoms with Crippen LogP contribution in [0.15, 0.2) is 90.3 Å². The number of halogens is 3. The lowest BCUT2D eigenvalue weighted by molar-refractivity contribution is -0.268. The van der Waals surface area contributed by atoms with Crippen molar-refractivity contribution in [3.8, 4) is 11.1 Å². The Balaban J connectivity index is 1.34. The average molecular weight is 661 g/mol. The van der Waals surface area contributed by atoms with Gasteiger partial charge in [-0.15, -0.1) is 0 Å². The monoisotopic (exact) mass is 659 g/mol. The summed E-state index contributed by atoms with van der Waals surface area (Å²) in [5, 5.41) is 13.1. The minimum absolute atomic E-state index is 0.00509. The van der Waals surface area contributed by atoms with Crippen LogP contribution >= 0.6 is 46.6 Å². The van der Waals surface area contributed by atoms with E-state index in [1.54, 1.807) is 18.0 Å². The maximum atomic E-state index is 11.9. The number of aryl methyl sites for hydroxylation is 1. The highest BCUT2D eigenvalue weighted by molar-refractivity contribution is 7.99. The number of carbonyl (C=O) groups is 1. The summed E-state index contributed by atoms with van der Waals surface area (Å²) in [7, 11) is 1.98. The third kappa shape index (κ3) is 7.94. The van der Waals surface area contributed by atoms with E-state index in [0.717, 1.165) is 44.3 Å². The van der Waals surface area contributed by atoms with Crippen LogP contribution in [0.4, 0.5) is 0 Å². The van der Waals surface area contributed by atoms with E-state index in [-0.39, 0.29) is 31.3 Å². The molecule has 0 radical (unpaired) electrons. The number of aliphatic hydroxyl groups is 1. The number of hydrogen-bond donors (Lipinski definition) is 2. The molecule has 226 valence electrons. The Morgan fingerprint density at radius 1 is 1.00 bits per heavy atom. The Labute approximate surface area is 270 Å². The molecule has 0 saturated carbocycles. The van der Waals surface area contributed by atoms with Crippen molar-refractivity contribution in [3.05, 3.63) is 107 Å². The van der Waals surface area contributed by atoms with Gasteiger partial charge < -0.3 is 24.5 Å². The van der Waals surface area contributed by atoms with E-state index >= 15 is 0 Å². The molecule has 1 saturated heterocycles. The zero-order valence-electron chi connectivity index (χ0n) is 23.6. The van der Waals surface area contributed by atoms with Crippen LogP contribution in [0.2, 0.25) is 0 Å². The minimum atomic E-state index is -2.01. The summed E-state index contributed by atoms with van der Waals surface area (Å²) in [6, 6.07) is 23.8. The summed E-state index contributed by atoms with van der Waals surface area (Å²) < 4.78 is 13.2. The topological polar surface area (TPSA) is 85.6 Å². The molecule has 1 aliphatic rings. The van der Waals surface area contributed by atoms with Crippen LogP contribution in [0, 0.1) is 5.92 Å². The number of imidazole rings is 1. The first-order valence-electron chi connectivity index (χ1n) is 13.8. The summed E-state index contributed by atoms with van der Waals surface area (Å²) >= 11 is 18.6. The number of nitrogens with one attached hydrogen (secondary N) is 1. The predicted octanol–water partition coefficient (Wildman–Crippen LogP) is 7.15. The van der Waals surface area contributed by atoms with Crippen molar-refractivity contribution in [2.45, 2.75) is 47.5 Å². The first-order chi connectivity index (χ1) is 20.6. The third-order valence-electron chi connectivity index (χ3n) is 7.43. The van der Waals surface area contributed by atoms with Gasteiger partial charge in [0.25, 0.3) is 9.70 Å². The summed E-state index contributed by atoms with van der Waals surface area (Å²) in [4.78, 5) is 16.4. The largest absolute Gasteiger partial charge is 0.392 e. The van der Waals surface area contributed by atoms with Gasteiger partial charge in [0.05, 0.1) is 18.8 Å². The second-order valence-corrected chi connectivity index (χ2v) is 13.7. The van der Waals surface area contributed by atoms with Crippen LogP contribution in [0.3, 0.4) is 0 Å². The van der Waals surface area contributed by atoms with Gasteiger partial charge in [-0.05, 0) is 33.9 Å². The van der Waals surface area contributed by atoms with Crippen LogP contribution in [0.25, 0.3) is 11.1 Å². The Kier molecular flexibility index (Phi) is 10.4. The number of ether oxygens (including phenoxy) is 2. The van der Waals surface area contributed by atoms with Gasteiger partial charge >= 0.3 is 0 Å². The highest BCUT2D eigenvalue weighted by atomic mass is 35.6. The van der Waals surface area contributed by atoms with Crippen LogP contribution < -0.4 is 5.32 Å². The SMILES string of the molecule is C[C@@H]1[C@H](CSc2nccn2C)O[C@H](c2ccc(-c3cccc(CNC(=O)C(Cl)(Cl)Cl)c3)cc2)O[C@@H]1c1ccc(CO)cc1. The molecule has 0 bridgehead atoms. The minimum Gasteiger partial charge on any atom is -0.392 e. The first-order valence-corrected chi connectivity index (χ1v) is 15.9. The van der Waals surface area contributed by atoms with Crippen molar-refractivity contribution in [3.63, 3.8) is 0 Å². The van der Waals surface area contributed by atoms with E-state index in [0.29, 0.717) is 0 Å². The maximum Gasteiger partial charge on any atom is 0.272 e. The van der Waals surface area contributed by atoms with Crippen molar-refractivity contribution in [2.24, 2.45) is 13.0 Å². The van der Waals surface area contributed by atoms with Gasteiger partial charge in [-0.25, -0.2) is 4.98 Å². The number of nitrogens with zero attached hydrogens (tertiary/aromatic N) is 2. The van der Waals surface area contributed by atoms with Gasteiger partial charge in [-0.3, -0.25) is 4.79 Å². The molecule has 4 atom stereocenters. The Hall–Kier alpha value is -2.56. The van der Waals surface area contributed by atoms with Crippen LogP contribution in [-0.4, -0.2) is 36.2 Å². The molecule has 4 aromatic rings. The van der Waals surface area contributed by atoms with E-state index in [1.165, 1.54) is 0 Å². The molecular formula is C32H32Cl3N3O4S. The molecule has 2 heterocycles. The molecule has 0 unspecified atom stereocenters. The number of aliphatic hydroxyl groups excluding tert-OH is 1. The summed E-state index contributed by atoms with van der Waals surface area (Å²) in [5.74, 6) is 0.123. The number of benzene rings is 3. The van der Waals surface area contributed by atoms with E-state index in [2.05, 4.69) is 17.2 Å². The number of aromatic nitrogens is 2. The van der Waals surface area contributed by atoms with Crippen molar-refractivity contribution in [1.82, 2.24) is 14.9 Å². The quantitative estimate of drug-likeness (QED) is 0.147. The average Bonchev–Trinajstić information content (AvgIpc) is 3.43. The standard InChI is InChI=1S/C32H32Cl3N3O4S/c1-20-27(19-43-31-36-14-15-38(31)2)41-29(42-28(20)24-8-6-21(18-39)7-9-24)25-12-10-23(11-13-25)26-5-3-4-22(16-26)17-37-30(40)32(33,34)35/h3-16,20,27-29,39H,17-19H2,1-2H3,(H,37,40)/t20-,27+,28+,29+/m1/s1. The van der Waals surface area contributed by atoms with Gasteiger partial charge in [-0.1, -0.05) is 120 Å². The number of rotatable bonds is 9. The summed E-state index contributed by atoms with van der Waals surface area (Å²) in [5.41, 5.74) is 5.67. The Morgan fingerprint density at radius 2 is 1.72 bits per heavy atom. The molecule has 3 aromatic carbocycles. The van der Waals surface area contributed by atoms with Crippen molar-refractivity contribution >= 4 is 52.5 Å². The fourth-order valence-corrected chi connectivity index (χ4v) is 6.23. The first kappa shape index (κ1) is 31.9. The molecule has 1 aliphatic heterocycles. The fraction of sp³-hybridized carbons (Fsp3) is 0.312. The van der Waals surface area contributed by atoms with E-state index in [4.69, 9.17) is 44.3 Å². The lowest BCUT2D eigenvalue weighted by atomic mass is 9.91. The second-order valence-electron chi connectivity index (χ2n) is 10.5. The lowest BCUT2D eigenvalue weighted by Crippen LogP contribution is -2.38. The zero-order valence-corrected chi connectivity index (χ0v) is 26.7. The summed E-state index contributed by atoms with van der Waals surface area (Å²) in [6.45, 7) is 2.38.